The lowest BCUT2D eigenvalue weighted by atomic mass is 10.0. The maximum atomic E-state index is 12.4. The molecule has 1 heterocycles. The predicted molar refractivity (Wildman–Crippen MR) is 101 cm³/mol. The van der Waals surface area contributed by atoms with Gasteiger partial charge in [0.1, 0.15) is 17.2 Å². The Morgan fingerprint density at radius 2 is 1.96 bits per heavy atom. The third kappa shape index (κ3) is 4.93. The molecule has 2 rings (SSSR count). The zero-order valence-corrected chi connectivity index (χ0v) is 16.6. The third-order valence-corrected chi connectivity index (χ3v) is 4.32. The van der Waals surface area contributed by atoms with Gasteiger partial charge in [-0.2, -0.15) is 5.10 Å². The number of hydrogen-bond donors (Lipinski definition) is 2. The lowest BCUT2D eigenvalue weighted by Crippen LogP contribution is -2.34. The van der Waals surface area contributed by atoms with Crippen LogP contribution in [0.25, 0.3) is 0 Å². The van der Waals surface area contributed by atoms with Crippen molar-refractivity contribution in [2.24, 2.45) is 7.05 Å². The first kappa shape index (κ1) is 21.1. The first-order valence-electron chi connectivity index (χ1n) is 8.62. The summed E-state index contributed by atoms with van der Waals surface area (Å²) < 4.78 is 17.7. The van der Waals surface area contributed by atoms with Crippen LogP contribution >= 0.6 is 0 Å². The van der Waals surface area contributed by atoms with Crippen LogP contribution in [0.1, 0.15) is 29.4 Å². The van der Waals surface area contributed by atoms with Crippen molar-refractivity contribution in [2.75, 3.05) is 20.8 Å². The Hall–Kier alpha value is -3.23. The third-order valence-electron chi connectivity index (χ3n) is 4.32. The normalized spacial score (nSPS) is 11.6. The number of benzene rings is 1. The van der Waals surface area contributed by atoms with Crippen molar-refractivity contribution in [3.8, 4) is 17.2 Å². The fraction of sp³-hybridized carbons (Fsp3) is 0.421. The number of amides is 1. The number of nitrogens with one attached hydrogen (secondary N) is 1. The Labute approximate surface area is 163 Å². The molecule has 28 heavy (non-hydrogen) atoms. The van der Waals surface area contributed by atoms with Crippen molar-refractivity contribution in [2.45, 2.75) is 26.3 Å². The van der Waals surface area contributed by atoms with Crippen LogP contribution < -0.4 is 19.5 Å². The van der Waals surface area contributed by atoms with Gasteiger partial charge in [-0.05, 0) is 26.0 Å². The number of carbonyl (C=O) groups excluding carboxylic acids is 1. The Morgan fingerprint density at radius 3 is 2.50 bits per heavy atom. The molecule has 0 aliphatic rings. The molecule has 0 aliphatic carbocycles. The zero-order valence-electron chi connectivity index (χ0n) is 16.6. The second-order valence-corrected chi connectivity index (χ2v) is 6.24. The number of aryl methyl sites for hydroxylation is 2. The number of hydrogen-bond acceptors (Lipinski definition) is 6. The average Bonchev–Trinajstić information content (AvgIpc) is 2.90. The lowest BCUT2D eigenvalue weighted by Gasteiger charge is -2.20. The van der Waals surface area contributed by atoms with Crippen molar-refractivity contribution < 1.29 is 28.9 Å². The van der Waals surface area contributed by atoms with Gasteiger partial charge in [-0.3, -0.25) is 14.3 Å². The van der Waals surface area contributed by atoms with Gasteiger partial charge in [0.25, 0.3) is 5.91 Å². The van der Waals surface area contributed by atoms with E-state index in [1.54, 1.807) is 36.9 Å². The summed E-state index contributed by atoms with van der Waals surface area (Å²) in [6, 6.07) is 4.19. The van der Waals surface area contributed by atoms with Gasteiger partial charge in [-0.15, -0.1) is 0 Å². The number of rotatable bonds is 9. The minimum atomic E-state index is -1.05. The highest BCUT2D eigenvalue weighted by Gasteiger charge is 2.23. The summed E-state index contributed by atoms with van der Waals surface area (Å²) in [5.41, 5.74) is 2.00. The molecule has 152 valence electrons. The minimum Gasteiger partial charge on any atom is -0.497 e. The van der Waals surface area contributed by atoms with E-state index in [0.717, 1.165) is 5.69 Å². The number of carbonyl (C=O) groups is 2. The highest BCUT2D eigenvalue weighted by Crippen LogP contribution is 2.31. The van der Waals surface area contributed by atoms with Gasteiger partial charge < -0.3 is 24.6 Å². The van der Waals surface area contributed by atoms with E-state index in [-0.39, 0.29) is 13.0 Å². The fourth-order valence-electron chi connectivity index (χ4n) is 2.86. The van der Waals surface area contributed by atoms with E-state index in [9.17, 15) is 14.7 Å². The van der Waals surface area contributed by atoms with E-state index in [2.05, 4.69) is 10.4 Å². The summed E-state index contributed by atoms with van der Waals surface area (Å²) in [4.78, 5) is 23.7. The predicted octanol–water partition coefficient (Wildman–Crippen LogP) is 1.77. The number of methoxy groups -OCH3 is 2. The molecule has 2 aromatic rings. The smallest absolute Gasteiger partial charge is 0.305 e. The molecular weight excluding hydrogens is 366 g/mol. The van der Waals surface area contributed by atoms with Crippen molar-refractivity contribution in [3.63, 3.8) is 0 Å². The summed E-state index contributed by atoms with van der Waals surface area (Å²) >= 11 is 0. The molecule has 9 heteroatoms. The zero-order chi connectivity index (χ0) is 20.8. The summed E-state index contributed by atoms with van der Waals surface area (Å²) in [6.45, 7) is 3.36. The van der Waals surface area contributed by atoms with E-state index in [1.807, 2.05) is 6.92 Å². The van der Waals surface area contributed by atoms with Crippen molar-refractivity contribution in [3.05, 3.63) is 35.2 Å². The van der Waals surface area contributed by atoms with Crippen molar-refractivity contribution in [1.29, 1.82) is 0 Å². The van der Waals surface area contributed by atoms with Crippen LogP contribution in [0, 0.1) is 13.8 Å². The Bertz CT molecular complexity index is 862. The Kier molecular flexibility index (Phi) is 6.86. The molecular formula is C19H25N3O6. The monoisotopic (exact) mass is 391 g/mol. The molecule has 0 saturated carbocycles. The molecule has 0 bridgehead atoms. The van der Waals surface area contributed by atoms with Gasteiger partial charge in [-0.1, -0.05) is 0 Å². The molecule has 0 radical (unpaired) electrons. The van der Waals surface area contributed by atoms with Crippen LogP contribution in [-0.2, 0) is 16.6 Å². The van der Waals surface area contributed by atoms with Gasteiger partial charge in [0.05, 0.1) is 32.4 Å². The maximum absolute atomic E-state index is 12.4. The summed E-state index contributed by atoms with van der Waals surface area (Å²) in [5, 5.41) is 16.2. The molecule has 0 fully saturated rings. The Morgan fingerprint density at radius 1 is 1.25 bits per heavy atom. The quantitative estimate of drug-likeness (QED) is 0.670. The maximum Gasteiger partial charge on any atom is 0.305 e. The second-order valence-electron chi connectivity index (χ2n) is 6.24. The van der Waals surface area contributed by atoms with Crippen LogP contribution in [0.5, 0.6) is 17.2 Å². The van der Waals surface area contributed by atoms with Gasteiger partial charge in [0.2, 0.25) is 0 Å². The first-order chi connectivity index (χ1) is 13.3. The van der Waals surface area contributed by atoms with Crippen LogP contribution in [0.4, 0.5) is 0 Å². The topological polar surface area (TPSA) is 112 Å². The molecule has 0 saturated heterocycles. The van der Waals surface area contributed by atoms with E-state index < -0.39 is 17.9 Å². The molecule has 2 N–H and O–H groups in total. The fourth-order valence-corrected chi connectivity index (χ4v) is 2.86. The number of ether oxygens (including phenoxy) is 3. The van der Waals surface area contributed by atoms with Crippen LogP contribution in [0.2, 0.25) is 0 Å². The lowest BCUT2D eigenvalue weighted by molar-refractivity contribution is -0.137. The standard InChI is InChI=1S/C19H25N3O6/c1-11-19(12(2)22(3)21-11)28-10-17(23)20-15(9-18(24)25)14-7-6-13(26-4)8-16(14)27-5/h6-8,15H,9-10H2,1-5H3,(H,20,23)(H,24,25). The molecule has 1 aromatic carbocycles. The highest BCUT2D eigenvalue weighted by atomic mass is 16.5. The molecule has 1 amide bonds. The van der Waals surface area contributed by atoms with Crippen LogP contribution in [0.3, 0.4) is 0 Å². The molecule has 0 spiro atoms. The van der Waals surface area contributed by atoms with Gasteiger partial charge in [-0.25, -0.2) is 0 Å². The Balaban J connectivity index is 2.15. The van der Waals surface area contributed by atoms with Gasteiger partial charge in [0, 0.05) is 18.7 Å². The SMILES string of the molecule is COc1ccc(C(CC(=O)O)NC(=O)COc2c(C)nn(C)c2C)c(OC)c1. The van der Waals surface area contributed by atoms with Crippen molar-refractivity contribution >= 4 is 11.9 Å². The van der Waals surface area contributed by atoms with E-state index >= 15 is 0 Å². The average molecular weight is 391 g/mol. The molecule has 1 atom stereocenters. The largest absolute Gasteiger partial charge is 0.497 e. The number of carboxylic acids is 1. The van der Waals surface area contributed by atoms with E-state index in [1.165, 1.54) is 14.2 Å². The number of aromatic nitrogens is 2. The van der Waals surface area contributed by atoms with E-state index in [0.29, 0.717) is 28.5 Å². The summed E-state index contributed by atoms with van der Waals surface area (Å²) in [5.74, 6) is 0.0157. The summed E-state index contributed by atoms with van der Waals surface area (Å²) in [7, 11) is 4.77. The van der Waals surface area contributed by atoms with Crippen LogP contribution in [0.15, 0.2) is 18.2 Å². The van der Waals surface area contributed by atoms with Gasteiger partial charge >= 0.3 is 5.97 Å². The van der Waals surface area contributed by atoms with Crippen molar-refractivity contribution in [1.82, 2.24) is 15.1 Å². The number of nitrogens with zero attached hydrogens (tertiary/aromatic N) is 2. The molecule has 1 aromatic heterocycles. The number of aliphatic carboxylic acids is 1. The number of carboxylic acid groups (broad SMARTS) is 1. The van der Waals surface area contributed by atoms with Gasteiger partial charge in [0.15, 0.2) is 12.4 Å². The molecule has 0 aliphatic heterocycles. The summed E-state index contributed by atoms with van der Waals surface area (Å²) in [6.07, 6.45) is -0.306. The second kappa shape index (κ2) is 9.12. The molecule has 9 nitrogen and oxygen atoms in total. The molecule has 1 unspecified atom stereocenters. The van der Waals surface area contributed by atoms with Crippen LogP contribution in [-0.4, -0.2) is 47.6 Å². The minimum absolute atomic E-state index is 0.262. The highest BCUT2D eigenvalue weighted by molar-refractivity contribution is 5.79. The first-order valence-corrected chi connectivity index (χ1v) is 8.62. The van der Waals surface area contributed by atoms with E-state index in [4.69, 9.17) is 14.2 Å².